The fourth-order valence-corrected chi connectivity index (χ4v) is 2.23. The fourth-order valence-electron chi connectivity index (χ4n) is 1.60. The molecule has 1 saturated carbocycles. The highest BCUT2D eigenvalue weighted by molar-refractivity contribution is 7.15. The third-order valence-electron chi connectivity index (χ3n) is 2.80. The lowest BCUT2D eigenvalue weighted by Crippen LogP contribution is -2.13. The Balaban J connectivity index is 1.60. The number of nitrogens with one attached hydrogen (secondary N) is 1. The molecule has 0 radical (unpaired) electrons. The van der Waals surface area contributed by atoms with Gasteiger partial charge >= 0.3 is 0 Å². The Hall–Kier alpha value is -0.680. The van der Waals surface area contributed by atoms with E-state index in [1.165, 1.54) is 25.7 Å². The summed E-state index contributed by atoms with van der Waals surface area (Å²) in [7, 11) is 1.85. The van der Waals surface area contributed by atoms with Gasteiger partial charge < -0.3 is 10.1 Å². The molecule has 5 heteroatoms. The molecular weight excluding hydrogens is 210 g/mol. The maximum atomic E-state index is 5.56. The number of hydrogen-bond acceptors (Lipinski definition) is 5. The van der Waals surface area contributed by atoms with Crippen LogP contribution in [-0.2, 0) is 11.3 Å². The van der Waals surface area contributed by atoms with Gasteiger partial charge in [0.15, 0.2) is 0 Å². The number of rotatable bonds is 6. The van der Waals surface area contributed by atoms with Gasteiger partial charge in [0.25, 0.3) is 0 Å². The molecule has 1 heterocycles. The van der Waals surface area contributed by atoms with Gasteiger partial charge in [0.2, 0.25) is 5.13 Å². The van der Waals surface area contributed by atoms with Crippen LogP contribution in [0.3, 0.4) is 0 Å². The number of nitrogens with zero attached hydrogens (tertiary/aromatic N) is 2. The van der Waals surface area contributed by atoms with Crippen LogP contribution >= 0.6 is 11.3 Å². The van der Waals surface area contributed by atoms with Gasteiger partial charge in [-0.2, -0.15) is 0 Å². The summed E-state index contributed by atoms with van der Waals surface area (Å²) in [6.45, 7) is 1.46. The van der Waals surface area contributed by atoms with Crippen molar-refractivity contribution in [2.24, 2.45) is 5.92 Å². The first-order valence-electron chi connectivity index (χ1n) is 5.46. The van der Waals surface area contributed by atoms with Crippen LogP contribution in [0.1, 0.15) is 30.7 Å². The van der Waals surface area contributed by atoms with E-state index in [-0.39, 0.29) is 0 Å². The molecule has 84 valence electrons. The van der Waals surface area contributed by atoms with E-state index in [0.717, 1.165) is 22.7 Å². The Morgan fingerprint density at radius 1 is 1.47 bits per heavy atom. The van der Waals surface area contributed by atoms with Crippen molar-refractivity contribution >= 4 is 16.5 Å². The molecule has 1 aromatic heterocycles. The zero-order chi connectivity index (χ0) is 10.5. The van der Waals surface area contributed by atoms with Crippen LogP contribution in [0.2, 0.25) is 0 Å². The summed E-state index contributed by atoms with van der Waals surface area (Å²) < 4.78 is 5.56. The molecular formula is C10H17N3OS. The average molecular weight is 227 g/mol. The van der Waals surface area contributed by atoms with Crippen LogP contribution < -0.4 is 5.32 Å². The fraction of sp³-hybridized carbons (Fsp3) is 0.800. The van der Waals surface area contributed by atoms with Gasteiger partial charge in [-0.15, -0.1) is 10.2 Å². The summed E-state index contributed by atoms with van der Waals surface area (Å²) in [5.74, 6) is 0.923. The van der Waals surface area contributed by atoms with Gasteiger partial charge in [-0.25, -0.2) is 0 Å². The number of ether oxygens (including phenoxy) is 1. The molecule has 0 bridgehead atoms. The first-order valence-corrected chi connectivity index (χ1v) is 6.28. The van der Waals surface area contributed by atoms with E-state index in [1.807, 2.05) is 7.05 Å². The minimum atomic E-state index is 0.603. The van der Waals surface area contributed by atoms with Crippen molar-refractivity contribution < 1.29 is 4.74 Å². The van der Waals surface area contributed by atoms with Gasteiger partial charge in [0, 0.05) is 13.7 Å². The molecule has 2 rings (SSSR count). The SMILES string of the molecule is CNc1nnc(COCCC2CCC2)s1. The van der Waals surface area contributed by atoms with Gasteiger partial charge in [-0.1, -0.05) is 30.6 Å². The molecule has 4 nitrogen and oxygen atoms in total. The lowest BCUT2D eigenvalue weighted by atomic mass is 9.83. The maximum absolute atomic E-state index is 5.56. The third kappa shape index (κ3) is 3.14. The van der Waals surface area contributed by atoms with E-state index in [0.29, 0.717) is 6.61 Å². The highest BCUT2D eigenvalue weighted by Gasteiger charge is 2.16. The second-order valence-corrected chi connectivity index (χ2v) is 4.95. The molecule has 0 amide bonds. The second kappa shape index (κ2) is 5.42. The van der Waals surface area contributed by atoms with Gasteiger partial charge in [-0.05, 0) is 12.3 Å². The molecule has 0 aliphatic heterocycles. The van der Waals surface area contributed by atoms with Crippen molar-refractivity contribution in [3.8, 4) is 0 Å². The Kier molecular flexibility index (Phi) is 3.91. The Labute approximate surface area is 94.1 Å². The standard InChI is InChI=1S/C10H17N3OS/c1-11-10-13-12-9(15-10)7-14-6-5-8-3-2-4-8/h8H,2-7H2,1H3,(H,11,13). The molecule has 1 aliphatic rings. The summed E-state index contributed by atoms with van der Waals surface area (Å²) in [5, 5.41) is 12.7. The summed E-state index contributed by atoms with van der Waals surface area (Å²) >= 11 is 1.55. The van der Waals surface area contributed by atoms with Crippen molar-refractivity contribution in [3.05, 3.63) is 5.01 Å². The van der Waals surface area contributed by atoms with Crippen LogP contribution in [0.15, 0.2) is 0 Å². The van der Waals surface area contributed by atoms with E-state index >= 15 is 0 Å². The average Bonchev–Trinajstić information content (AvgIpc) is 2.62. The monoisotopic (exact) mass is 227 g/mol. The number of aromatic nitrogens is 2. The van der Waals surface area contributed by atoms with Crippen molar-refractivity contribution in [2.75, 3.05) is 19.0 Å². The number of hydrogen-bond donors (Lipinski definition) is 1. The normalized spacial score (nSPS) is 16.3. The van der Waals surface area contributed by atoms with Gasteiger partial charge in [0.05, 0.1) is 0 Å². The first-order chi connectivity index (χ1) is 7.38. The molecule has 0 aromatic carbocycles. The van der Waals surface area contributed by atoms with E-state index in [4.69, 9.17) is 4.74 Å². The van der Waals surface area contributed by atoms with Crippen molar-refractivity contribution in [3.63, 3.8) is 0 Å². The van der Waals surface area contributed by atoms with Crippen molar-refractivity contribution in [1.82, 2.24) is 10.2 Å². The van der Waals surface area contributed by atoms with E-state index < -0.39 is 0 Å². The van der Waals surface area contributed by atoms with Gasteiger partial charge in [-0.3, -0.25) is 0 Å². The Morgan fingerprint density at radius 3 is 2.93 bits per heavy atom. The lowest BCUT2D eigenvalue weighted by molar-refractivity contribution is 0.0945. The molecule has 0 atom stereocenters. The molecule has 0 saturated heterocycles. The molecule has 0 spiro atoms. The summed E-state index contributed by atoms with van der Waals surface area (Å²) in [4.78, 5) is 0. The second-order valence-electron chi connectivity index (χ2n) is 3.89. The smallest absolute Gasteiger partial charge is 0.205 e. The van der Waals surface area contributed by atoms with Crippen LogP contribution in [0.4, 0.5) is 5.13 Å². The summed E-state index contributed by atoms with van der Waals surface area (Å²) in [6.07, 6.45) is 5.41. The van der Waals surface area contributed by atoms with E-state index in [2.05, 4.69) is 15.5 Å². The molecule has 1 fully saturated rings. The quantitative estimate of drug-likeness (QED) is 0.757. The minimum Gasteiger partial charge on any atom is -0.374 e. The summed E-state index contributed by atoms with van der Waals surface area (Å²) in [6, 6.07) is 0. The lowest BCUT2D eigenvalue weighted by Gasteiger charge is -2.24. The Morgan fingerprint density at radius 2 is 2.33 bits per heavy atom. The van der Waals surface area contributed by atoms with Crippen LogP contribution in [0.25, 0.3) is 0 Å². The van der Waals surface area contributed by atoms with E-state index in [1.54, 1.807) is 11.3 Å². The molecule has 1 aliphatic carbocycles. The zero-order valence-electron chi connectivity index (χ0n) is 9.03. The first kappa shape index (κ1) is 10.8. The van der Waals surface area contributed by atoms with Crippen molar-refractivity contribution in [1.29, 1.82) is 0 Å². The molecule has 0 unspecified atom stereocenters. The molecule has 1 aromatic rings. The third-order valence-corrected chi connectivity index (χ3v) is 3.72. The Bertz CT molecular complexity index is 299. The minimum absolute atomic E-state index is 0.603. The topological polar surface area (TPSA) is 47.0 Å². The molecule has 15 heavy (non-hydrogen) atoms. The van der Waals surface area contributed by atoms with Gasteiger partial charge in [0.1, 0.15) is 11.6 Å². The van der Waals surface area contributed by atoms with Crippen LogP contribution in [0, 0.1) is 5.92 Å². The summed E-state index contributed by atoms with van der Waals surface area (Å²) in [5.41, 5.74) is 0. The maximum Gasteiger partial charge on any atom is 0.205 e. The highest BCUT2D eigenvalue weighted by Crippen LogP contribution is 2.29. The van der Waals surface area contributed by atoms with Crippen LogP contribution in [0.5, 0.6) is 0 Å². The zero-order valence-corrected chi connectivity index (χ0v) is 9.85. The largest absolute Gasteiger partial charge is 0.374 e. The number of anilines is 1. The van der Waals surface area contributed by atoms with Crippen LogP contribution in [-0.4, -0.2) is 23.9 Å². The predicted octanol–water partition coefficient (Wildman–Crippen LogP) is 2.29. The molecule has 1 N–H and O–H groups in total. The highest BCUT2D eigenvalue weighted by atomic mass is 32.1. The van der Waals surface area contributed by atoms with Crippen molar-refractivity contribution in [2.45, 2.75) is 32.3 Å². The predicted molar refractivity (Wildman–Crippen MR) is 61.1 cm³/mol. The van der Waals surface area contributed by atoms with E-state index in [9.17, 15) is 0 Å².